The summed E-state index contributed by atoms with van der Waals surface area (Å²) in [5.41, 5.74) is -0.982. The molecule has 0 unspecified atom stereocenters. The summed E-state index contributed by atoms with van der Waals surface area (Å²) in [6.07, 6.45) is -3.54. The molecule has 2 atom stereocenters. The molecule has 1 fully saturated rings. The van der Waals surface area contributed by atoms with E-state index in [-0.39, 0.29) is 21.3 Å². The van der Waals surface area contributed by atoms with Crippen LogP contribution in [0.15, 0.2) is 42.5 Å². The van der Waals surface area contributed by atoms with Gasteiger partial charge in [0.1, 0.15) is 15.8 Å². The van der Waals surface area contributed by atoms with Crippen LogP contribution in [0.25, 0.3) is 0 Å². The second-order valence-corrected chi connectivity index (χ2v) is 11.6. The van der Waals surface area contributed by atoms with Crippen molar-refractivity contribution >= 4 is 92.8 Å². The van der Waals surface area contributed by atoms with Gasteiger partial charge in [-0.2, -0.15) is 8.78 Å². The fraction of sp³-hybridized carbons (Fsp3) is 0.192. The number of carbonyl (C=O) groups is 3. The summed E-state index contributed by atoms with van der Waals surface area (Å²) in [7, 11) is 0. The highest BCUT2D eigenvalue weighted by molar-refractivity contribution is 6.53. The van der Waals surface area contributed by atoms with E-state index in [1.807, 2.05) is 0 Å². The van der Waals surface area contributed by atoms with Gasteiger partial charge in [0.05, 0.1) is 32.2 Å². The van der Waals surface area contributed by atoms with Gasteiger partial charge in [0.25, 0.3) is 11.8 Å². The lowest BCUT2D eigenvalue weighted by Gasteiger charge is -2.14. The van der Waals surface area contributed by atoms with Gasteiger partial charge in [-0.1, -0.05) is 40.9 Å². The van der Waals surface area contributed by atoms with E-state index in [1.54, 1.807) is 18.2 Å². The normalized spacial score (nSPS) is 17.2. The molecule has 0 saturated heterocycles. The molecule has 3 amide bonds. The molecular weight excluding hydrogens is 656 g/mol. The smallest absolute Gasteiger partial charge is 0.315 e. The van der Waals surface area contributed by atoms with Crippen LogP contribution in [0.4, 0.5) is 34.6 Å². The van der Waals surface area contributed by atoms with E-state index in [2.05, 4.69) is 10.6 Å². The standard InChI is InChI=1S/C26H16Cl5F4N3O3/c1-9-6-11(36-24(40)18-17(26(18,30)31)10-2-3-13(27)14(28)7-10)8-12(19(9)29)23(39)37-16-5-4-15(32)21(20(16)33)38-25(41)22(34)35/h2-8,17-18,22H,1H3,(H,36,40)(H,37,39)(H,38,41)/t17-,18+/m0/s1. The first-order chi connectivity index (χ1) is 19.1. The summed E-state index contributed by atoms with van der Waals surface area (Å²) in [5, 5.41) is 6.71. The number of hydrogen-bond acceptors (Lipinski definition) is 3. The zero-order chi connectivity index (χ0) is 30.4. The summed E-state index contributed by atoms with van der Waals surface area (Å²) in [6, 6.07) is 8.88. The van der Waals surface area contributed by atoms with Crippen molar-refractivity contribution in [2.45, 2.75) is 23.6 Å². The van der Waals surface area contributed by atoms with Crippen LogP contribution in [0.2, 0.25) is 15.1 Å². The highest BCUT2D eigenvalue weighted by Gasteiger charge is 2.67. The second-order valence-electron chi connectivity index (χ2n) is 8.98. The second kappa shape index (κ2) is 11.9. The van der Waals surface area contributed by atoms with E-state index < -0.39 is 63.3 Å². The lowest BCUT2D eigenvalue weighted by Crippen LogP contribution is -2.22. The Bertz CT molecular complexity index is 1590. The fourth-order valence-corrected chi connectivity index (χ4v) is 5.46. The molecule has 3 aromatic carbocycles. The van der Waals surface area contributed by atoms with E-state index in [9.17, 15) is 31.9 Å². The molecule has 0 bridgehead atoms. The van der Waals surface area contributed by atoms with E-state index in [0.717, 1.165) is 6.07 Å². The molecule has 6 nitrogen and oxygen atoms in total. The number of rotatable bonds is 7. The molecule has 0 spiro atoms. The SMILES string of the molecule is Cc1cc(NC(=O)[C@H]2[C@H](c3ccc(Cl)c(Cl)c3)C2(Cl)Cl)cc(C(=O)Nc2ccc(F)c(NC(=O)C(F)F)c2F)c1Cl. The van der Waals surface area contributed by atoms with Gasteiger partial charge in [-0.25, -0.2) is 8.78 Å². The van der Waals surface area contributed by atoms with Crippen molar-refractivity contribution in [2.24, 2.45) is 5.92 Å². The number of benzene rings is 3. The van der Waals surface area contributed by atoms with E-state index in [4.69, 9.17) is 58.0 Å². The van der Waals surface area contributed by atoms with Crippen molar-refractivity contribution in [3.8, 4) is 0 Å². The van der Waals surface area contributed by atoms with Crippen LogP contribution < -0.4 is 16.0 Å². The quantitative estimate of drug-likeness (QED) is 0.175. The Morgan fingerprint density at radius 3 is 2.22 bits per heavy atom. The average molecular weight is 672 g/mol. The van der Waals surface area contributed by atoms with Crippen LogP contribution in [0.1, 0.15) is 27.4 Å². The summed E-state index contributed by atoms with van der Waals surface area (Å²) in [6.45, 7) is 1.54. The van der Waals surface area contributed by atoms with Crippen LogP contribution >= 0.6 is 58.0 Å². The van der Waals surface area contributed by atoms with Crippen molar-refractivity contribution in [1.29, 1.82) is 0 Å². The number of hydrogen-bond donors (Lipinski definition) is 3. The average Bonchev–Trinajstić information content (AvgIpc) is 3.48. The van der Waals surface area contributed by atoms with Crippen LogP contribution in [0.3, 0.4) is 0 Å². The van der Waals surface area contributed by atoms with Crippen LogP contribution in [0, 0.1) is 24.5 Å². The van der Waals surface area contributed by atoms with Gasteiger partial charge < -0.3 is 16.0 Å². The van der Waals surface area contributed by atoms with Gasteiger partial charge in [-0.3, -0.25) is 14.4 Å². The molecule has 0 aromatic heterocycles. The Morgan fingerprint density at radius 1 is 0.902 bits per heavy atom. The summed E-state index contributed by atoms with van der Waals surface area (Å²) in [4.78, 5) is 37.3. The summed E-state index contributed by atoms with van der Waals surface area (Å²) in [5.74, 6) is -7.87. The third-order valence-electron chi connectivity index (χ3n) is 6.19. The van der Waals surface area contributed by atoms with Crippen molar-refractivity contribution in [3.05, 3.63) is 85.9 Å². The number of carbonyl (C=O) groups excluding carboxylic acids is 3. The maximum atomic E-state index is 14.8. The van der Waals surface area contributed by atoms with E-state index in [1.165, 1.54) is 24.4 Å². The van der Waals surface area contributed by atoms with Gasteiger partial charge in [0, 0.05) is 11.6 Å². The first-order valence-corrected chi connectivity index (χ1v) is 13.3. The highest BCUT2D eigenvalue weighted by Crippen LogP contribution is 2.65. The van der Waals surface area contributed by atoms with Gasteiger partial charge in [-0.15, -0.1) is 23.2 Å². The number of anilines is 3. The Hall–Kier alpha value is -2.76. The minimum absolute atomic E-state index is 0.0571. The zero-order valence-electron chi connectivity index (χ0n) is 20.4. The Balaban J connectivity index is 1.55. The van der Waals surface area contributed by atoms with Crippen molar-refractivity contribution in [1.82, 2.24) is 0 Å². The van der Waals surface area contributed by atoms with Crippen molar-refractivity contribution < 1.29 is 31.9 Å². The molecule has 1 aliphatic rings. The van der Waals surface area contributed by atoms with E-state index in [0.29, 0.717) is 22.2 Å². The molecule has 1 aliphatic carbocycles. The number of alkyl halides is 4. The first-order valence-electron chi connectivity index (χ1n) is 11.5. The minimum Gasteiger partial charge on any atom is -0.326 e. The lowest BCUT2D eigenvalue weighted by molar-refractivity contribution is -0.126. The molecule has 3 N–H and O–H groups in total. The van der Waals surface area contributed by atoms with Gasteiger partial charge >= 0.3 is 6.43 Å². The number of halogens is 9. The highest BCUT2D eigenvalue weighted by atomic mass is 35.5. The van der Waals surface area contributed by atoms with Gasteiger partial charge in [-0.05, 0) is 54.4 Å². The van der Waals surface area contributed by atoms with Crippen molar-refractivity contribution in [3.63, 3.8) is 0 Å². The molecule has 216 valence electrons. The summed E-state index contributed by atoms with van der Waals surface area (Å²) >= 11 is 31.1. The third kappa shape index (κ3) is 6.36. The molecular formula is C26H16Cl5F4N3O3. The van der Waals surface area contributed by atoms with Gasteiger partial charge in [0.2, 0.25) is 5.91 Å². The van der Waals surface area contributed by atoms with Crippen LogP contribution in [-0.4, -0.2) is 28.5 Å². The Morgan fingerprint density at radius 2 is 1.59 bits per heavy atom. The lowest BCUT2D eigenvalue weighted by atomic mass is 10.1. The predicted molar refractivity (Wildman–Crippen MR) is 151 cm³/mol. The van der Waals surface area contributed by atoms with E-state index >= 15 is 0 Å². The maximum absolute atomic E-state index is 14.8. The minimum atomic E-state index is -3.54. The Kier molecular flexibility index (Phi) is 9.01. The van der Waals surface area contributed by atoms with Gasteiger partial charge in [0.15, 0.2) is 5.82 Å². The third-order valence-corrected chi connectivity index (χ3v) is 8.37. The number of aryl methyl sites for hydroxylation is 1. The Labute approximate surface area is 255 Å². The molecule has 1 saturated carbocycles. The topological polar surface area (TPSA) is 87.3 Å². The largest absolute Gasteiger partial charge is 0.326 e. The predicted octanol–water partition coefficient (Wildman–Crippen LogP) is 8.22. The fourth-order valence-electron chi connectivity index (χ4n) is 4.13. The summed E-state index contributed by atoms with van der Waals surface area (Å²) < 4.78 is 52.5. The molecule has 0 heterocycles. The molecule has 3 aromatic rings. The molecule has 41 heavy (non-hydrogen) atoms. The molecule has 0 radical (unpaired) electrons. The first kappa shape index (κ1) is 31.2. The zero-order valence-corrected chi connectivity index (χ0v) is 24.2. The molecule has 15 heteroatoms. The van der Waals surface area contributed by atoms with Crippen molar-refractivity contribution in [2.75, 3.05) is 16.0 Å². The molecule has 4 rings (SSSR count). The molecule has 0 aliphatic heterocycles. The van der Waals surface area contributed by atoms with Crippen LogP contribution in [0.5, 0.6) is 0 Å². The number of amides is 3. The number of nitrogens with one attached hydrogen (secondary N) is 3. The maximum Gasteiger partial charge on any atom is 0.315 e. The van der Waals surface area contributed by atoms with Crippen LogP contribution in [-0.2, 0) is 9.59 Å². The monoisotopic (exact) mass is 669 g/mol.